The Labute approximate surface area is 92.4 Å². The summed E-state index contributed by atoms with van der Waals surface area (Å²) in [5, 5.41) is 7.72. The lowest BCUT2D eigenvalue weighted by Gasteiger charge is -2.08. The smallest absolute Gasteiger partial charge is 0.150 e. The summed E-state index contributed by atoms with van der Waals surface area (Å²) in [5.74, 6) is -0.0419. The summed E-state index contributed by atoms with van der Waals surface area (Å²) in [6.07, 6.45) is 2.67. The second-order valence-corrected chi connectivity index (χ2v) is 3.54. The molecule has 0 aromatic carbocycles. The van der Waals surface area contributed by atoms with Crippen LogP contribution in [0.25, 0.3) is 11.3 Å². The predicted octanol–water partition coefficient (Wildman–Crippen LogP) is 1.88. The summed E-state index contributed by atoms with van der Waals surface area (Å²) in [4.78, 5) is 3.69. The number of aromatic nitrogens is 3. The number of nitrogens with two attached hydrogens (primary N) is 1. The van der Waals surface area contributed by atoms with Gasteiger partial charge in [0, 0.05) is 11.8 Å². The van der Waals surface area contributed by atoms with Crippen LogP contribution in [-0.2, 0) is 0 Å². The molecule has 0 saturated carbocycles. The fourth-order valence-corrected chi connectivity index (χ4v) is 1.45. The molecule has 2 heterocycles. The Morgan fingerprint density at radius 3 is 2.62 bits per heavy atom. The second-order valence-electron chi connectivity index (χ2n) is 3.54. The number of halogens is 1. The molecule has 0 aliphatic heterocycles. The van der Waals surface area contributed by atoms with E-state index in [-0.39, 0.29) is 0 Å². The minimum atomic E-state index is -0.413. The van der Waals surface area contributed by atoms with Crippen molar-refractivity contribution < 1.29 is 4.39 Å². The molecule has 16 heavy (non-hydrogen) atoms. The largest absolute Gasteiger partial charge is 0.382 e. The number of nitrogens with zero attached hydrogens (tertiary/aromatic N) is 3. The van der Waals surface area contributed by atoms with E-state index in [1.54, 1.807) is 6.07 Å². The molecule has 2 aromatic rings. The van der Waals surface area contributed by atoms with Crippen molar-refractivity contribution in [3.05, 3.63) is 35.4 Å². The van der Waals surface area contributed by atoms with Gasteiger partial charge in [-0.2, -0.15) is 0 Å². The van der Waals surface area contributed by atoms with Crippen LogP contribution in [0.3, 0.4) is 0 Å². The van der Waals surface area contributed by atoms with Gasteiger partial charge in [0.15, 0.2) is 5.82 Å². The van der Waals surface area contributed by atoms with Gasteiger partial charge >= 0.3 is 0 Å². The van der Waals surface area contributed by atoms with Crippen molar-refractivity contribution in [3.63, 3.8) is 0 Å². The van der Waals surface area contributed by atoms with Gasteiger partial charge in [-0.25, -0.2) is 4.39 Å². The van der Waals surface area contributed by atoms with Gasteiger partial charge in [-0.05, 0) is 31.0 Å². The third kappa shape index (κ3) is 1.60. The van der Waals surface area contributed by atoms with Crippen molar-refractivity contribution in [3.8, 4) is 11.3 Å². The van der Waals surface area contributed by atoms with Crippen molar-refractivity contribution in [1.82, 2.24) is 15.2 Å². The Balaban J connectivity index is 2.66. The molecule has 2 rings (SSSR count). The van der Waals surface area contributed by atoms with Crippen molar-refractivity contribution >= 4 is 5.82 Å². The molecule has 0 atom stereocenters. The zero-order valence-electron chi connectivity index (χ0n) is 9.03. The zero-order valence-corrected chi connectivity index (χ0v) is 9.03. The van der Waals surface area contributed by atoms with Crippen molar-refractivity contribution in [2.45, 2.75) is 13.8 Å². The van der Waals surface area contributed by atoms with E-state index in [1.165, 1.54) is 6.20 Å². The predicted molar refractivity (Wildman–Crippen MR) is 59.1 cm³/mol. The molecule has 0 saturated heterocycles. The van der Waals surface area contributed by atoms with Gasteiger partial charge in [0.05, 0.1) is 11.9 Å². The van der Waals surface area contributed by atoms with E-state index in [2.05, 4.69) is 15.2 Å². The van der Waals surface area contributed by atoms with Gasteiger partial charge in [0.25, 0.3) is 0 Å². The molecule has 0 amide bonds. The molecule has 0 bridgehead atoms. The lowest BCUT2D eigenvalue weighted by molar-refractivity contribution is 0.624. The van der Waals surface area contributed by atoms with Crippen molar-refractivity contribution in [2.75, 3.05) is 5.73 Å². The summed E-state index contributed by atoms with van der Waals surface area (Å²) in [6.45, 7) is 3.68. The molecule has 0 radical (unpaired) electrons. The Kier molecular flexibility index (Phi) is 2.52. The molecule has 2 N–H and O–H groups in total. The van der Waals surface area contributed by atoms with E-state index >= 15 is 0 Å². The maximum absolute atomic E-state index is 13.5. The lowest BCUT2D eigenvalue weighted by atomic mass is 10.0. The number of pyridine rings is 1. The van der Waals surface area contributed by atoms with Crippen LogP contribution in [0.4, 0.5) is 10.2 Å². The van der Waals surface area contributed by atoms with E-state index < -0.39 is 5.82 Å². The average molecular weight is 218 g/mol. The molecule has 2 aromatic heterocycles. The molecule has 5 heteroatoms. The molecule has 0 fully saturated rings. The first-order valence-electron chi connectivity index (χ1n) is 4.80. The Morgan fingerprint density at radius 2 is 1.94 bits per heavy atom. The molecule has 0 aliphatic rings. The highest BCUT2D eigenvalue weighted by Gasteiger charge is 2.12. The topological polar surface area (TPSA) is 64.7 Å². The molecular weight excluding hydrogens is 207 g/mol. The summed E-state index contributed by atoms with van der Waals surface area (Å²) in [7, 11) is 0. The van der Waals surface area contributed by atoms with Crippen LogP contribution in [0.5, 0.6) is 0 Å². The SMILES string of the molecule is Cc1c(N)nnc(-c2ccncc2F)c1C. The second kappa shape index (κ2) is 3.84. The molecule has 4 nitrogen and oxygen atoms in total. The maximum Gasteiger partial charge on any atom is 0.150 e. The Morgan fingerprint density at radius 1 is 1.19 bits per heavy atom. The van der Waals surface area contributed by atoms with Gasteiger partial charge < -0.3 is 5.73 Å². The lowest BCUT2D eigenvalue weighted by Crippen LogP contribution is -2.03. The number of nitrogen functional groups attached to an aromatic ring is 1. The van der Waals surface area contributed by atoms with E-state index in [4.69, 9.17) is 5.73 Å². The van der Waals surface area contributed by atoms with Crippen molar-refractivity contribution in [2.24, 2.45) is 0 Å². The molecular formula is C11H11FN4. The van der Waals surface area contributed by atoms with E-state index in [0.717, 1.165) is 17.3 Å². The minimum Gasteiger partial charge on any atom is -0.382 e. The first-order chi connectivity index (χ1) is 7.61. The molecule has 0 unspecified atom stereocenters. The monoisotopic (exact) mass is 218 g/mol. The quantitative estimate of drug-likeness (QED) is 0.793. The molecule has 0 aliphatic carbocycles. The summed E-state index contributed by atoms with van der Waals surface area (Å²) >= 11 is 0. The van der Waals surface area contributed by atoms with Crippen LogP contribution in [0.2, 0.25) is 0 Å². The minimum absolute atomic E-state index is 0.371. The number of hydrogen-bond acceptors (Lipinski definition) is 4. The van der Waals surface area contributed by atoms with Gasteiger partial charge in [-0.3, -0.25) is 4.98 Å². The third-order valence-corrected chi connectivity index (χ3v) is 2.59. The van der Waals surface area contributed by atoms with Crippen LogP contribution < -0.4 is 5.73 Å². The van der Waals surface area contributed by atoms with E-state index in [0.29, 0.717) is 17.1 Å². The zero-order chi connectivity index (χ0) is 11.7. The van der Waals surface area contributed by atoms with Gasteiger partial charge in [0.1, 0.15) is 5.82 Å². The van der Waals surface area contributed by atoms with Crippen LogP contribution in [0.15, 0.2) is 18.5 Å². The highest BCUT2D eigenvalue weighted by atomic mass is 19.1. The average Bonchev–Trinajstić information content (AvgIpc) is 2.28. The fourth-order valence-electron chi connectivity index (χ4n) is 1.45. The van der Waals surface area contributed by atoms with Gasteiger partial charge in [0.2, 0.25) is 0 Å². The van der Waals surface area contributed by atoms with Crippen LogP contribution >= 0.6 is 0 Å². The first-order valence-corrected chi connectivity index (χ1v) is 4.80. The Bertz CT molecular complexity index is 540. The van der Waals surface area contributed by atoms with Crippen molar-refractivity contribution in [1.29, 1.82) is 0 Å². The third-order valence-electron chi connectivity index (χ3n) is 2.59. The number of hydrogen-bond donors (Lipinski definition) is 1. The van der Waals surface area contributed by atoms with Gasteiger partial charge in [-0.1, -0.05) is 0 Å². The van der Waals surface area contributed by atoms with E-state index in [1.807, 2.05) is 13.8 Å². The standard InChI is InChI=1S/C11H11FN4/c1-6-7(2)11(13)16-15-10(6)8-3-4-14-5-9(8)12/h3-5H,1-2H3,(H2,13,16). The Hall–Kier alpha value is -2.04. The summed E-state index contributed by atoms with van der Waals surface area (Å²) in [5.41, 5.74) is 8.18. The normalized spacial score (nSPS) is 10.4. The first kappa shape index (κ1) is 10.5. The number of rotatable bonds is 1. The highest BCUT2D eigenvalue weighted by Crippen LogP contribution is 2.25. The van der Waals surface area contributed by atoms with Crippen LogP contribution in [-0.4, -0.2) is 15.2 Å². The van der Waals surface area contributed by atoms with Crippen LogP contribution in [0, 0.1) is 19.7 Å². The van der Waals surface area contributed by atoms with Gasteiger partial charge in [-0.15, -0.1) is 10.2 Å². The summed E-state index contributed by atoms with van der Waals surface area (Å²) < 4.78 is 13.5. The van der Waals surface area contributed by atoms with E-state index in [9.17, 15) is 4.39 Å². The maximum atomic E-state index is 13.5. The number of anilines is 1. The summed E-state index contributed by atoms with van der Waals surface area (Å²) in [6, 6.07) is 1.57. The highest BCUT2D eigenvalue weighted by molar-refractivity contribution is 5.65. The van der Waals surface area contributed by atoms with Crippen LogP contribution in [0.1, 0.15) is 11.1 Å². The molecule has 0 spiro atoms. The fraction of sp³-hybridized carbons (Fsp3) is 0.182. The molecule has 82 valence electrons.